The number of hydrogen-bond donors (Lipinski definition) is 0. The second-order valence-corrected chi connectivity index (χ2v) is 9.51. The molecule has 10 heteroatoms. The first kappa shape index (κ1) is 22.4. The smallest absolute Gasteiger partial charge is 0.308 e. The summed E-state index contributed by atoms with van der Waals surface area (Å²) in [5.41, 5.74) is 0. The molecule has 22 heavy (non-hydrogen) atoms. The number of carbonyl (C=O) groups excluding carboxylic acids is 1. The zero-order valence-corrected chi connectivity index (χ0v) is 16.8. The third-order valence-corrected chi connectivity index (χ3v) is 9.15. The lowest BCUT2D eigenvalue weighted by Crippen LogP contribution is -2.21. The monoisotopic (exact) mass is 422 g/mol. The van der Waals surface area contributed by atoms with Gasteiger partial charge in [-0.15, -0.1) is 0 Å². The largest absolute Gasteiger partial charge is 0.346 e. The van der Waals surface area contributed by atoms with Gasteiger partial charge in [-0.05, 0) is 27.7 Å². The molecule has 0 aliphatic carbocycles. The Labute approximate surface area is 140 Å². The molecule has 0 atom stereocenters. The molecular weight excluding hydrogens is 398 g/mol. The van der Waals surface area contributed by atoms with Crippen molar-refractivity contribution in [2.45, 2.75) is 39.5 Å². The first-order valence-electron chi connectivity index (χ1n) is 7.18. The van der Waals surface area contributed by atoms with Crippen molar-refractivity contribution in [1.29, 1.82) is 0 Å². The van der Waals surface area contributed by atoms with Crippen molar-refractivity contribution < 1.29 is 32.0 Å². The lowest BCUT2D eigenvalue weighted by molar-refractivity contribution is -0.116. The van der Waals surface area contributed by atoms with Gasteiger partial charge in [0.05, 0.1) is 31.8 Å². The lowest BCUT2D eigenvalue weighted by Gasteiger charge is -2.30. The zero-order valence-electron chi connectivity index (χ0n) is 13.5. The summed E-state index contributed by atoms with van der Waals surface area (Å²) in [4.78, 5) is 11.8. The molecule has 0 aromatic carbocycles. The number of halogens is 1. The molecule has 0 N–H and O–H groups in total. The van der Waals surface area contributed by atoms with Gasteiger partial charge in [-0.25, -0.2) is 0 Å². The summed E-state index contributed by atoms with van der Waals surface area (Å²) >= 11 is 3.04. The van der Waals surface area contributed by atoms with Crippen molar-refractivity contribution >= 4 is 36.9 Å². The van der Waals surface area contributed by atoms with Crippen molar-refractivity contribution in [3.63, 3.8) is 0 Å². The van der Waals surface area contributed by atoms with Gasteiger partial charge in [0.2, 0.25) is 0 Å². The third-order valence-electron chi connectivity index (χ3n) is 2.53. The van der Waals surface area contributed by atoms with Gasteiger partial charge in [-0.3, -0.25) is 13.9 Å². The van der Waals surface area contributed by atoms with Crippen molar-refractivity contribution in [3.8, 4) is 0 Å². The van der Waals surface area contributed by atoms with E-state index < -0.39 is 20.6 Å². The molecule has 0 rings (SSSR count). The Hall–Kier alpha value is 0.450. The van der Waals surface area contributed by atoms with Gasteiger partial charge in [0.1, 0.15) is 5.78 Å². The minimum absolute atomic E-state index is 0.0417. The van der Waals surface area contributed by atoms with E-state index in [0.717, 1.165) is 0 Å². The summed E-state index contributed by atoms with van der Waals surface area (Å²) in [6, 6.07) is 0. The number of ketones is 1. The average molecular weight is 423 g/mol. The molecule has 7 nitrogen and oxygen atoms in total. The van der Waals surface area contributed by atoms with Crippen LogP contribution in [0.2, 0.25) is 0 Å². The van der Waals surface area contributed by atoms with Gasteiger partial charge in [-0.2, -0.15) is 0 Å². The number of alkyl halides is 1. The molecule has 0 bridgehead atoms. The standard InChI is InChI=1S/C12H25BrO7P2/c1-5-17-21(15,18-6-2)12(9-11(14)10-13)22(16,19-7-3)20-8-4/h12H,5-10H2,1-4H3. The van der Waals surface area contributed by atoms with Crippen LogP contribution in [-0.2, 0) is 32.0 Å². The van der Waals surface area contributed by atoms with Gasteiger partial charge in [0, 0.05) is 6.42 Å². The molecule has 0 heterocycles. The van der Waals surface area contributed by atoms with Crippen LogP contribution in [0.15, 0.2) is 0 Å². The van der Waals surface area contributed by atoms with E-state index in [2.05, 4.69) is 15.9 Å². The van der Waals surface area contributed by atoms with E-state index in [9.17, 15) is 13.9 Å². The maximum Gasteiger partial charge on any atom is 0.346 e. The van der Waals surface area contributed by atoms with Crippen LogP contribution in [0.4, 0.5) is 0 Å². The molecule has 0 aromatic rings. The van der Waals surface area contributed by atoms with Gasteiger partial charge in [0.15, 0.2) is 5.40 Å². The molecule has 0 saturated heterocycles. The number of carbonyl (C=O) groups is 1. The highest BCUT2D eigenvalue weighted by molar-refractivity contribution is 9.09. The van der Waals surface area contributed by atoms with Crippen LogP contribution in [0.1, 0.15) is 34.1 Å². The van der Waals surface area contributed by atoms with E-state index in [4.69, 9.17) is 18.1 Å². The Morgan fingerprint density at radius 2 is 1.18 bits per heavy atom. The molecule has 0 fully saturated rings. The molecule has 0 aliphatic rings. The van der Waals surface area contributed by atoms with E-state index in [1.165, 1.54) is 0 Å². The van der Waals surface area contributed by atoms with Crippen LogP contribution in [-0.4, -0.2) is 42.9 Å². The number of Topliss-reactive ketones (excluding diaryl/α,β-unsaturated/α-hetero) is 1. The van der Waals surface area contributed by atoms with E-state index in [-0.39, 0.29) is 44.0 Å². The third kappa shape index (κ3) is 6.52. The van der Waals surface area contributed by atoms with Crippen molar-refractivity contribution in [2.24, 2.45) is 0 Å². The second kappa shape index (κ2) is 11.1. The Kier molecular flexibility index (Phi) is 11.3. The van der Waals surface area contributed by atoms with Crippen LogP contribution >= 0.6 is 31.1 Å². The molecule has 0 unspecified atom stereocenters. The summed E-state index contributed by atoms with van der Waals surface area (Å²) in [6.45, 7) is 6.93. The lowest BCUT2D eigenvalue weighted by atomic mass is 10.3. The van der Waals surface area contributed by atoms with Crippen LogP contribution in [0.5, 0.6) is 0 Å². The highest BCUT2D eigenvalue weighted by atomic mass is 79.9. The maximum atomic E-state index is 13.0. The summed E-state index contributed by atoms with van der Waals surface area (Å²) in [5, 5.41) is -1.23. The molecule has 0 spiro atoms. The number of rotatable bonds is 13. The molecular formula is C12H25BrO7P2. The SMILES string of the molecule is CCOP(=O)(OCC)C(CC(=O)CBr)P(=O)(OCC)OCC. The molecule has 0 aromatic heterocycles. The van der Waals surface area contributed by atoms with E-state index in [1.54, 1.807) is 27.7 Å². The van der Waals surface area contributed by atoms with E-state index in [0.29, 0.717) is 0 Å². The Morgan fingerprint density at radius 3 is 1.41 bits per heavy atom. The minimum Gasteiger partial charge on any atom is -0.308 e. The Morgan fingerprint density at radius 1 is 0.864 bits per heavy atom. The van der Waals surface area contributed by atoms with Gasteiger partial charge >= 0.3 is 15.2 Å². The Balaban J connectivity index is 5.80. The van der Waals surface area contributed by atoms with Gasteiger partial charge < -0.3 is 18.1 Å². The molecule has 0 aliphatic heterocycles. The number of hydrogen-bond acceptors (Lipinski definition) is 7. The fourth-order valence-corrected chi connectivity index (χ4v) is 7.34. The predicted octanol–water partition coefficient (Wildman–Crippen LogP) is 4.20. The quantitative estimate of drug-likeness (QED) is 0.324. The van der Waals surface area contributed by atoms with Crippen LogP contribution in [0, 0.1) is 0 Å². The van der Waals surface area contributed by atoms with Crippen molar-refractivity contribution in [3.05, 3.63) is 0 Å². The fraction of sp³-hybridized carbons (Fsp3) is 0.917. The van der Waals surface area contributed by atoms with Crippen LogP contribution in [0.25, 0.3) is 0 Å². The normalized spacial score (nSPS) is 12.8. The Bertz CT molecular complexity index is 380. The average Bonchev–Trinajstić information content (AvgIpc) is 2.45. The van der Waals surface area contributed by atoms with Gasteiger partial charge in [0.25, 0.3) is 0 Å². The van der Waals surface area contributed by atoms with Crippen LogP contribution in [0.3, 0.4) is 0 Å². The van der Waals surface area contributed by atoms with Crippen LogP contribution < -0.4 is 0 Å². The predicted molar refractivity (Wildman–Crippen MR) is 88.9 cm³/mol. The first-order valence-corrected chi connectivity index (χ1v) is 11.5. The van der Waals surface area contributed by atoms with E-state index >= 15 is 0 Å². The molecule has 0 amide bonds. The zero-order chi connectivity index (χ0) is 17.2. The fourth-order valence-electron chi connectivity index (χ4n) is 1.79. The maximum absolute atomic E-state index is 13.0. The van der Waals surface area contributed by atoms with Gasteiger partial charge in [-0.1, -0.05) is 15.9 Å². The topological polar surface area (TPSA) is 88.1 Å². The minimum atomic E-state index is -3.83. The summed E-state index contributed by atoms with van der Waals surface area (Å²) < 4.78 is 47.0. The van der Waals surface area contributed by atoms with Crippen molar-refractivity contribution in [2.75, 3.05) is 31.8 Å². The van der Waals surface area contributed by atoms with Crippen molar-refractivity contribution in [1.82, 2.24) is 0 Å². The molecule has 0 radical (unpaired) electrons. The summed E-state index contributed by atoms with van der Waals surface area (Å²) in [5.74, 6) is -0.288. The highest BCUT2D eigenvalue weighted by Gasteiger charge is 2.51. The molecule has 0 saturated carbocycles. The summed E-state index contributed by atoms with van der Waals surface area (Å²) in [6.07, 6.45) is -0.278. The first-order chi connectivity index (χ1) is 10.3. The molecule has 132 valence electrons. The van der Waals surface area contributed by atoms with E-state index in [1.807, 2.05) is 0 Å². The summed E-state index contributed by atoms with van der Waals surface area (Å²) in [7, 11) is -7.66. The highest BCUT2D eigenvalue weighted by Crippen LogP contribution is 2.71. The second-order valence-electron chi connectivity index (χ2n) is 4.11.